The van der Waals surface area contributed by atoms with Crippen LogP contribution in [0, 0.1) is 5.92 Å². The molecule has 112 valence electrons. The number of Topliss-reactive ketones (excluding diaryl/α,β-unsaturated/α-hetero) is 1. The number of carbonyl (C=O) groups is 1. The third-order valence-corrected chi connectivity index (χ3v) is 5.64. The summed E-state index contributed by atoms with van der Waals surface area (Å²) in [7, 11) is 0. The minimum atomic E-state index is 0.181. The molecule has 1 fully saturated rings. The highest BCUT2D eigenvalue weighted by atomic mass is 79.9. The SMILES string of the molecule is O=C1c2c(Br)cccc2C2CN(Cc3ccccc3)CCC12. The van der Waals surface area contributed by atoms with E-state index < -0.39 is 0 Å². The monoisotopic (exact) mass is 355 g/mol. The van der Waals surface area contributed by atoms with E-state index >= 15 is 0 Å². The van der Waals surface area contributed by atoms with Gasteiger partial charge in [0.15, 0.2) is 5.78 Å². The van der Waals surface area contributed by atoms with Gasteiger partial charge in [0.1, 0.15) is 0 Å². The van der Waals surface area contributed by atoms with E-state index in [1.54, 1.807) is 0 Å². The first-order chi connectivity index (χ1) is 10.7. The van der Waals surface area contributed by atoms with Crippen LogP contribution in [0.2, 0.25) is 0 Å². The molecule has 1 saturated heterocycles. The summed E-state index contributed by atoms with van der Waals surface area (Å²) in [5.41, 5.74) is 3.51. The molecule has 0 saturated carbocycles. The van der Waals surface area contributed by atoms with Gasteiger partial charge in [0, 0.05) is 35.0 Å². The van der Waals surface area contributed by atoms with Crippen molar-refractivity contribution in [2.45, 2.75) is 18.9 Å². The van der Waals surface area contributed by atoms with Crippen LogP contribution in [-0.4, -0.2) is 23.8 Å². The predicted molar refractivity (Wildman–Crippen MR) is 91.0 cm³/mol. The number of halogens is 1. The maximum absolute atomic E-state index is 12.7. The van der Waals surface area contributed by atoms with Crippen LogP contribution in [-0.2, 0) is 6.54 Å². The zero-order valence-corrected chi connectivity index (χ0v) is 13.9. The van der Waals surface area contributed by atoms with E-state index in [0.29, 0.717) is 11.7 Å². The zero-order chi connectivity index (χ0) is 15.1. The molecule has 0 aromatic heterocycles. The Morgan fingerprint density at radius 1 is 1.05 bits per heavy atom. The quantitative estimate of drug-likeness (QED) is 0.802. The average molecular weight is 356 g/mol. The highest BCUT2D eigenvalue weighted by molar-refractivity contribution is 9.10. The second-order valence-corrected chi connectivity index (χ2v) is 7.15. The van der Waals surface area contributed by atoms with E-state index in [9.17, 15) is 4.79 Å². The normalized spacial score (nSPS) is 24.1. The topological polar surface area (TPSA) is 20.3 Å². The van der Waals surface area contributed by atoms with Crippen molar-refractivity contribution in [3.63, 3.8) is 0 Å². The first kappa shape index (κ1) is 14.2. The first-order valence-electron chi connectivity index (χ1n) is 7.83. The summed E-state index contributed by atoms with van der Waals surface area (Å²) in [6.45, 7) is 2.96. The van der Waals surface area contributed by atoms with Gasteiger partial charge < -0.3 is 0 Å². The smallest absolute Gasteiger partial charge is 0.168 e. The average Bonchev–Trinajstić information content (AvgIpc) is 2.82. The van der Waals surface area contributed by atoms with Crippen molar-refractivity contribution < 1.29 is 4.79 Å². The molecule has 1 aliphatic heterocycles. The lowest BCUT2D eigenvalue weighted by molar-refractivity contribution is 0.0834. The summed E-state index contributed by atoms with van der Waals surface area (Å²) in [5, 5.41) is 0. The molecule has 2 aromatic rings. The van der Waals surface area contributed by atoms with Crippen molar-refractivity contribution >= 4 is 21.7 Å². The van der Waals surface area contributed by atoms with Crippen molar-refractivity contribution in [2.24, 2.45) is 5.92 Å². The van der Waals surface area contributed by atoms with Crippen molar-refractivity contribution in [2.75, 3.05) is 13.1 Å². The molecule has 3 heteroatoms. The Kier molecular flexibility index (Phi) is 3.63. The summed E-state index contributed by atoms with van der Waals surface area (Å²) in [6.07, 6.45) is 0.970. The molecule has 0 N–H and O–H groups in total. The Bertz CT molecular complexity index is 713. The predicted octanol–water partition coefficient (Wildman–Crippen LogP) is 4.25. The molecule has 0 amide bonds. The maximum atomic E-state index is 12.7. The molecule has 1 heterocycles. The minimum absolute atomic E-state index is 0.181. The van der Waals surface area contributed by atoms with Crippen LogP contribution < -0.4 is 0 Å². The van der Waals surface area contributed by atoms with Crippen LogP contribution in [0.15, 0.2) is 53.0 Å². The van der Waals surface area contributed by atoms with E-state index in [1.165, 1.54) is 11.1 Å². The second-order valence-electron chi connectivity index (χ2n) is 6.29. The number of likely N-dealkylation sites (tertiary alicyclic amines) is 1. The molecule has 2 aromatic carbocycles. The van der Waals surface area contributed by atoms with E-state index in [4.69, 9.17) is 0 Å². The van der Waals surface area contributed by atoms with Gasteiger partial charge in [-0.3, -0.25) is 9.69 Å². The number of fused-ring (bicyclic) bond motifs is 3. The third kappa shape index (κ3) is 2.33. The van der Waals surface area contributed by atoms with Gasteiger partial charge in [-0.1, -0.05) is 58.4 Å². The van der Waals surface area contributed by atoms with Gasteiger partial charge in [0.05, 0.1) is 0 Å². The second kappa shape index (κ2) is 5.64. The fourth-order valence-electron chi connectivity index (χ4n) is 3.93. The van der Waals surface area contributed by atoms with Gasteiger partial charge in [-0.15, -0.1) is 0 Å². The van der Waals surface area contributed by atoms with E-state index in [-0.39, 0.29) is 5.92 Å². The van der Waals surface area contributed by atoms with Gasteiger partial charge in [0.25, 0.3) is 0 Å². The summed E-state index contributed by atoms with van der Waals surface area (Å²) in [6, 6.07) is 16.8. The standard InChI is InChI=1S/C19H18BrNO/c20-17-8-4-7-14-16-12-21(11-13-5-2-1-3-6-13)10-9-15(16)19(22)18(14)17/h1-8,15-16H,9-12H2. The van der Waals surface area contributed by atoms with Crippen LogP contribution in [0.3, 0.4) is 0 Å². The molecule has 4 rings (SSSR count). The van der Waals surface area contributed by atoms with Crippen molar-refractivity contribution in [1.29, 1.82) is 0 Å². The number of hydrogen-bond donors (Lipinski definition) is 0. The molecule has 0 bridgehead atoms. The van der Waals surface area contributed by atoms with Gasteiger partial charge in [-0.05, 0) is 30.2 Å². The Morgan fingerprint density at radius 2 is 1.86 bits per heavy atom. The molecule has 1 aliphatic carbocycles. The van der Waals surface area contributed by atoms with Gasteiger partial charge in [0.2, 0.25) is 0 Å². The Labute approximate surface area is 139 Å². The van der Waals surface area contributed by atoms with Gasteiger partial charge in [-0.2, -0.15) is 0 Å². The lowest BCUT2D eigenvalue weighted by Gasteiger charge is -2.34. The number of rotatable bonds is 2. The molecule has 0 radical (unpaired) electrons. The van der Waals surface area contributed by atoms with Gasteiger partial charge in [-0.25, -0.2) is 0 Å². The van der Waals surface area contributed by atoms with Crippen LogP contribution in [0.1, 0.15) is 33.8 Å². The maximum Gasteiger partial charge on any atom is 0.168 e. The number of benzene rings is 2. The molecular formula is C19H18BrNO. The van der Waals surface area contributed by atoms with Crippen LogP contribution >= 0.6 is 15.9 Å². The molecule has 0 spiro atoms. The van der Waals surface area contributed by atoms with Crippen molar-refractivity contribution in [3.05, 3.63) is 69.7 Å². The fourth-order valence-corrected chi connectivity index (χ4v) is 4.51. The van der Waals surface area contributed by atoms with Crippen molar-refractivity contribution in [1.82, 2.24) is 4.90 Å². The Balaban J connectivity index is 1.59. The van der Waals surface area contributed by atoms with Crippen LogP contribution in [0.25, 0.3) is 0 Å². The molecular weight excluding hydrogens is 338 g/mol. The number of piperidine rings is 1. The Morgan fingerprint density at radius 3 is 2.68 bits per heavy atom. The molecule has 2 aliphatic rings. The summed E-state index contributed by atoms with van der Waals surface area (Å²) < 4.78 is 0.957. The molecule has 2 nitrogen and oxygen atoms in total. The lowest BCUT2D eigenvalue weighted by Crippen LogP contribution is -2.38. The minimum Gasteiger partial charge on any atom is -0.298 e. The summed E-state index contributed by atoms with van der Waals surface area (Å²) >= 11 is 3.56. The van der Waals surface area contributed by atoms with Crippen LogP contribution in [0.5, 0.6) is 0 Å². The molecule has 2 atom stereocenters. The Hall–Kier alpha value is -1.45. The fraction of sp³-hybridized carbons (Fsp3) is 0.316. The van der Waals surface area contributed by atoms with E-state index in [0.717, 1.165) is 36.1 Å². The highest BCUT2D eigenvalue weighted by Gasteiger charge is 2.43. The number of carbonyl (C=O) groups excluding carboxylic acids is 1. The third-order valence-electron chi connectivity index (χ3n) is 4.97. The first-order valence-corrected chi connectivity index (χ1v) is 8.62. The highest BCUT2D eigenvalue weighted by Crippen LogP contribution is 2.45. The summed E-state index contributed by atoms with van der Waals surface area (Å²) in [5.74, 6) is 0.880. The largest absolute Gasteiger partial charge is 0.298 e. The van der Waals surface area contributed by atoms with E-state index in [2.05, 4.69) is 63.3 Å². The number of hydrogen-bond acceptors (Lipinski definition) is 2. The van der Waals surface area contributed by atoms with Crippen LogP contribution in [0.4, 0.5) is 0 Å². The molecule has 2 unspecified atom stereocenters. The lowest BCUT2D eigenvalue weighted by atomic mass is 9.85. The zero-order valence-electron chi connectivity index (χ0n) is 12.3. The molecule has 22 heavy (non-hydrogen) atoms. The summed E-state index contributed by atoms with van der Waals surface area (Å²) in [4.78, 5) is 15.2. The number of nitrogens with zero attached hydrogens (tertiary/aromatic N) is 1. The number of ketones is 1. The van der Waals surface area contributed by atoms with Crippen molar-refractivity contribution in [3.8, 4) is 0 Å². The van der Waals surface area contributed by atoms with E-state index in [1.807, 2.05) is 6.07 Å². The van der Waals surface area contributed by atoms with Gasteiger partial charge >= 0.3 is 0 Å².